The van der Waals surface area contributed by atoms with Gasteiger partial charge in [0.05, 0.1) is 29.9 Å². The number of anilines is 1. The molecule has 0 saturated carbocycles. The summed E-state index contributed by atoms with van der Waals surface area (Å²) in [6, 6.07) is 15.7. The van der Waals surface area contributed by atoms with Gasteiger partial charge in [0.25, 0.3) is 0 Å². The number of hydrogen-bond acceptors (Lipinski definition) is 5. The van der Waals surface area contributed by atoms with Gasteiger partial charge in [-0.2, -0.15) is 10.4 Å². The van der Waals surface area contributed by atoms with Crippen LogP contribution in [0.2, 0.25) is 0 Å². The fraction of sp³-hybridized carbons (Fsp3) is 0.240. The van der Waals surface area contributed by atoms with E-state index in [2.05, 4.69) is 38.6 Å². The monoisotopic (exact) mass is 422 g/mol. The summed E-state index contributed by atoms with van der Waals surface area (Å²) in [5.74, 6) is 0.254. The number of nitriles is 1. The second kappa shape index (κ2) is 8.23. The maximum atomic E-state index is 12.4. The molecule has 1 atom stereocenters. The summed E-state index contributed by atoms with van der Waals surface area (Å²) in [5, 5.41) is 16.4. The fourth-order valence-corrected chi connectivity index (χ4v) is 4.36. The molecule has 7 nitrogen and oxygen atoms in total. The van der Waals surface area contributed by atoms with Gasteiger partial charge in [-0.1, -0.05) is 24.3 Å². The van der Waals surface area contributed by atoms with Gasteiger partial charge in [-0.3, -0.25) is 9.48 Å². The Balaban J connectivity index is 1.24. The van der Waals surface area contributed by atoms with Crippen LogP contribution in [0.3, 0.4) is 0 Å². The topological polar surface area (TPSA) is 96.5 Å². The Bertz CT molecular complexity index is 1350. The van der Waals surface area contributed by atoms with Crippen LogP contribution in [0.25, 0.3) is 11.0 Å². The van der Waals surface area contributed by atoms with E-state index >= 15 is 0 Å². The van der Waals surface area contributed by atoms with Gasteiger partial charge in [0.15, 0.2) is 0 Å². The zero-order valence-electron chi connectivity index (χ0n) is 17.7. The van der Waals surface area contributed by atoms with Gasteiger partial charge >= 0.3 is 0 Å². The molecule has 4 aromatic rings. The lowest BCUT2D eigenvalue weighted by atomic mass is 9.90. The number of hydrogen-bond donors (Lipinski definition) is 1. The van der Waals surface area contributed by atoms with Crippen LogP contribution in [0.5, 0.6) is 0 Å². The van der Waals surface area contributed by atoms with E-state index in [4.69, 9.17) is 5.26 Å². The minimum absolute atomic E-state index is 0.0780. The molecule has 7 heteroatoms. The predicted molar refractivity (Wildman–Crippen MR) is 121 cm³/mol. The van der Waals surface area contributed by atoms with Crippen molar-refractivity contribution in [2.75, 3.05) is 5.32 Å². The van der Waals surface area contributed by atoms with E-state index in [1.807, 2.05) is 36.0 Å². The maximum Gasteiger partial charge on any atom is 0.228 e. The minimum Gasteiger partial charge on any atom is -0.326 e. The van der Waals surface area contributed by atoms with Crippen molar-refractivity contribution < 1.29 is 4.79 Å². The number of carbonyl (C=O) groups excluding carboxylic acids is 1. The first-order valence-electron chi connectivity index (χ1n) is 10.7. The molecule has 0 saturated heterocycles. The summed E-state index contributed by atoms with van der Waals surface area (Å²) in [6.07, 6.45) is 5.62. The lowest BCUT2D eigenvalue weighted by Crippen LogP contribution is -2.17. The average Bonchev–Trinajstić information content (AvgIpc) is 3.22. The van der Waals surface area contributed by atoms with Crippen LogP contribution in [0.15, 0.2) is 55.0 Å². The summed E-state index contributed by atoms with van der Waals surface area (Å²) in [7, 11) is 0. The van der Waals surface area contributed by atoms with Crippen LogP contribution in [0.4, 0.5) is 5.69 Å². The normalized spacial score (nSPS) is 14.8. The second-order valence-corrected chi connectivity index (χ2v) is 8.23. The molecule has 0 aliphatic carbocycles. The number of aryl methyl sites for hydroxylation is 2. The lowest BCUT2D eigenvalue weighted by molar-refractivity contribution is -0.115. The standard InChI is InChI=1S/C25H22N6O/c1-16-10-21(7-6-20(16)13-26)30-23(32)12-18-4-2-17(3-5-18)11-19-8-9-31-25-22(14-29-31)27-15-28-24(19)25/h2-7,10,14-15,19H,8-9,11-12H2,1H3,(H,30,32). The van der Waals surface area contributed by atoms with Crippen molar-refractivity contribution in [1.29, 1.82) is 5.26 Å². The van der Waals surface area contributed by atoms with Crippen molar-refractivity contribution in [3.63, 3.8) is 0 Å². The van der Waals surface area contributed by atoms with Crippen LogP contribution in [-0.4, -0.2) is 25.7 Å². The predicted octanol–water partition coefficient (Wildman–Crippen LogP) is 3.92. The summed E-state index contributed by atoms with van der Waals surface area (Å²) < 4.78 is 2.00. The first-order valence-corrected chi connectivity index (χ1v) is 10.7. The number of nitrogens with one attached hydrogen (secondary N) is 1. The van der Waals surface area contributed by atoms with Gasteiger partial charge in [0.1, 0.15) is 17.4 Å². The molecule has 1 amide bonds. The molecule has 3 heterocycles. The van der Waals surface area contributed by atoms with Gasteiger partial charge in [0, 0.05) is 18.2 Å². The number of amides is 1. The molecule has 0 radical (unpaired) electrons. The number of aromatic nitrogens is 4. The van der Waals surface area contributed by atoms with E-state index in [0.717, 1.165) is 47.2 Å². The molecule has 2 aromatic heterocycles. The van der Waals surface area contributed by atoms with E-state index in [0.29, 0.717) is 23.6 Å². The van der Waals surface area contributed by atoms with Crippen LogP contribution >= 0.6 is 0 Å². The molecular formula is C25H22N6O. The van der Waals surface area contributed by atoms with Crippen molar-refractivity contribution in [2.24, 2.45) is 0 Å². The average molecular weight is 422 g/mol. The molecule has 5 rings (SSSR count). The smallest absolute Gasteiger partial charge is 0.228 e. The van der Waals surface area contributed by atoms with E-state index in [9.17, 15) is 4.79 Å². The van der Waals surface area contributed by atoms with Crippen LogP contribution < -0.4 is 5.32 Å². The molecule has 1 unspecified atom stereocenters. The highest BCUT2D eigenvalue weighted by atomic mass is 16.1. The number of carbonyl (C=O) groups is 1. The third kappa shape index (κ3) is 3.83. The summed E-state index contributed by atoms with van der Waals surface area (Å²) in [6.45, 7) is 2.74. The Hall–Kier alpha value is -4.05. The Morgan fingerprint density at radius 2 is 2.00 bits per heavy atom. The SMILES string of the molecule is Cc1cc(NC(=O)Cc2ccc(CC3CCn4ncc5ncnc3c54)cc2)ccc1C#N. The molecule has 1 N–H and O–H groups in total. The quantitative estimate of drug-likeness (QED) is 0.526. The summed E-state index contributed by atoms with van der Waals surface area (Å²) in [5.41, 5.74) is 7.37. The Kier molecular flexibility index (Phi) is 5.12. The van der Waals surface area contributed by atoms with E-state index in [1.54, 1.807) is 18.5 Å². The first kappa shape index (κ1) is 19.9. The Labute approximate surface area is 185 Å². The highest BCUT2D eigenvalue weighted by molar-refractivity contribution is 5.92. The van der Waals surface area contributed by atoms with Crippen LogP contribution in [0.1, 0.15) is 40.3 Å². The third-order valence-electron chi connectivity index (χ3n) is 6.03. The number of benzene rings is 2. The molecule has 1 aliphatic rings. The third-order valence-corrected chi connectivity index (χ3v) is 6.03. The zero-order valence-corrected chi connectivity index (χ0v) is 17.7. The molecule has 158 valence electrons. The molecular weight excluding hydrogens is 400 g/mol. The fourth-order valence-electron chi connectivity index (χ4n) is 4.36. The van der Waals surface area contributed by atoms with E-state index in [-0.39, 0.29) is 5.91 Å². The molecule has 0 spiro atoms. The molecule has 0 fully saturated rings. The Morgan fingerprint density at radius 3 is 2.78 bits per heavy atom. The second-order valence-electron chi connectivity index (χ2n) is 8.23. The zero-order chi connectivity index (χ0) is 22.1. The first-order chi connectivity index (χ1) is 15.6. The minimum atomic E-state index is -0.0780. The molecule has 1 aliphatic heterocycles. The summed E-state index contributed by atoms with van der Waals surface area (Å²) >= 11 is 0. The van der Waals surface area contributed by atoms with Gasteiger partial charge in [0.2, 0.25) is 5.91 Å². The Morgan fingerprint density at radius 1 is 1.19 bits per heavy atom. The van der Waals surface area contributed by atoms with Crippen molar-refractivity contribution >= 4 is 22.6 Å². The van der Waals surface area contributed by atoms with Crippen LogP contribution in [0, 0.1) is 18.3 Å². The summed E-state index contributed by atoms with van der Waals surface area (Å²) in [4.78, 5) is 21.3. The van der Waals surface area contributed by atoms with E-state index < -0.39 is 0 Å². The highest BCUT2D eigenvalue weighted by Crippen LogP contribution is 2.32. The van der Waals surface area contributed by atoms with Crippen molar-refractivity contribution in [3.8, 4) is 6.07 Å². The van der Waals surface area contributed by atoms with Gasteiger partial charge < -0.3 is 5.32 Å². The highest BCUT2D eigenvalue weighted by Gasteiger charge is 2.24. The molecule has 32 heavy (non-hydrogen) atoms. The van der Waals surface area contributed by atoms with E-state index in [1.165, 1.54) is 5.56 Å². The maximum absolute atomic E-state index is 12.4. The van der Waals surface area contributed by atoms with Crippen molar-refractivity contribution in [1.82, 2.24) is 19.7 Å². The molecule has 2 aromatic carbocycles. The van der Waals surface area contributed by atoms with Gasteiger partial charge in [-0.05, 0) is 54.7 Å². The van der Waals surface area contributed by atoms with Crippen LogP contribution in [-0.2, 0) is 24.2 Å². The van der Waals surface area contributed by atoms with Gasteiger partial charge in [-0.25, -0.2) is 9.97 Å². The van der Waals surface area contributed by atoms with Gasteiger partial charge in [-0.15, -0.1) is 0 Å². The lowest BCUT2D eigenvalue weighted by Gasteiger charge is -2.22. The van der Waals surface area contributed by atoms with Crippen molar-refractivity contribution in [3.05, 3.63) is 82.9 Å². The van der Waals surface area contributed by atoms with Crippen molar-refractivity contribution in [2.45, 2.75) is 38.6 Å². The number of nitrogens with zero attached hydrogens (tertiary/aromatic N) is 5. The largest absolute Gasteiger partial charge is 0.326 e. The number of rotatable bonds is 5. The molecule has 0 bridgehead atoms.